The summed E-state index contributed by atoms with van der Waals surface area (Å²) in [7, 11) is -2.28. The van der Waals surface area contributed by atoms with E-state index in [-0.39, 0.29) is 23.9 Å². The van der Waals surface area contributed by atoms with Crippen molar-refractivity contribution in [3.63, 3.8) is 0 Å². The Labute approximate surface area is 182 Å². The molecule has 7 heteroatoms. The predicted molar refractivity (Wildman–Crippen MR) is 120 cm³/mol. The molecule has 0 atom stereocenters. The minimum absolute atomic E-state index is 0.0843. The third kappa shape index (κ3) is 5.27. The van der Waals surface area contributed by atoms with E-state index in [4.69, 9.17) is 11.6 Å². The van der Waals surface area contributed by atoms with E-state index >= 15 is 0 Å². The minimum Gasteiger partial charge on any atom is -0.314 e. The Morgan fingerprint density at radius 1 is 0.933 bits per heavy atom. The fourth-order valence-electron chi connectivity index (χ4n) is 3.05. The first-order chi connectivity index (χ1) is 14.3. The van der Waals surface area contributed by atoms with Crippen LogP contribution >= 0.6 is 11.6 Å². The number of benzene rings is 3. The molecule has 0 radical (unpaired) electrons. The molecule has 0 aromatic heterocycles. The topological polar surface area (TPSA) is 57.7 Å². The molecule has 0 bridgehead atoms. The van der Waals surface area contributed by atoms with E-state index in [1.807, 2.05) is 49.4 Å². The molecule has 30 heavy (non-hydrogen) atoms. The third-order valence-electron chi connectivity index (χ3n) is 4.72. The van der Waals surface area contributed by atoms with Crippen LogP contribution < -0.4 is 4.90 Å². The molecule has 0 saturated carbocycles. The molecule has 156 valence electrons. The van der Waals surface area contributed by atoms with E-state index in [1.165, 1.54) is 33.5 Å². The maximum atomic E-state index is 13.3. The summed E-state index contributed by atoms with van der Waals surface area (Å²) >= 11 is 5.91. The molecule has 0 unspecified atom stereocenters. The van der Waals surface area contributed by atoms with Crippen LogP contribution in [0.2, 0.25) is 5.02 Å². The SMILES string of the molecule is Cc1cccc(CN(CC(=O)N(C)c2ccccc2)S(=O)(=O)c2ccc(Cl)cc2)c1. The van der Waals surface area contributed by atoms with Gasteiger partial charge in [-0.15, -0.1) is 0 Å². The first-order valence-electron chi connectivity index (χ1n) is 9.40. The van der Waals surface area contributed by atoms with E-state index in [2.05, 4.69) is 0 Å². The van der Waals surface area contributed by atoms with Crippen LogP contribution in [0.1, 0.15) is 11.1 Å². The molecule has 0 spiro atoms. The number of aryl methyl sites for hydroxylation is 1. The summed E-state index contributed by atoms with van der Waals surface area (Å²) in [5.41, 5.74) is 2.52. The molecular formula is C23H23ClN2O3S. The van der Waals surface area contributed by atoms with Gasteiger partial charge in [0.15, 0.2) is 0 Å². The van der Waals surface area contributed by atoms with Crippen molar-refractivity contribution in [1.82, 2.24) is 4.31 Å². The fraction of sp³-hybridized carbons (Fsp3) is 0.174. The highest BCUT2D eigenvalue weighted by atomic mass is 35.5. The zero-order chi connectivity index (χ0) is 21.7. The smallest absolute Gasteiger partial charge is 0.243 e. The fourth-order valence-corrected chi connectivity index (χ4v) is 4.55. The molecule has 0 aliphatic carbocycles. The van der Waals surface area contributed by atoms with Crippen LogP contribution in [0, 0.1) is 6.92 Å². The van der Waals surface area contributed by atoms with Crippen molar-refractivity contribution in [2.45, 2.75) is 18.4 Å². The number of halogens is 1. The summed E-state index contributed by atoms with van der Waals surface area (Å²) in [6.45, 7) is 1.74. The molecule has 3 aromatic carbocycles. The van der Waals surface area contributed by atoms with Crippen LogP contribution in [0.25, 0.3) is 0 Å². The van der Waals surface area contributed by atoms with Gasteiger partial charge in [-0.05, 0) is 48.9 Å². The number of carbonyl (C=O) groups is 1. The summed E-state index contributed by atoms with van der Waals surface area (Å²) in [6, 6.07) is 22.6. The van der Waals surface area contributed by atoms with Gasteiger partial charge in [0.2, 0.25) is 15.9 Å². The number of likely N-dealkylation sites (N-methyl/N-ethyl adjacent to an activating group) is 1. The van der Waals surface area contributed by atoms with Crippen LogP contribution in [-0.4, -0.2) is 32.2 Å². The van der Waals surface area contributed by atoms with Gasteiger partial charge < -0.3 is 4.90 Å². The lowest BCUT2D eigenvalue weighted by atomic mass is 10.1. The van der Waals surface area contributed by atoms with Gasteiger partial charge in [0.25, 0.3) is 0 Å². The second-order valence-corrected chi connectivity index (χ2v) is 9.38. The maximum Gasteiger partial charge on any atom is 0.243 e. The quantitative estimate of drug-likeness (QED) is 0.541. The lowest BCUT2D eigenvalue weighted by Crippen LogP contribution is -2.41. The predicted octanol–water partition coefficient (Wildman–Crippen LogP) is 4.50. The number of hydrogen-bond donors (Lipinski definition) is 0. The van der Waals surface area contributed by atoms with Gasteiger partial charge in [-0.1, -0.05) is 59.6 Å². The van der Waals surface area contributed by atoms with Crippen molar-refractivity contribution >= 4 is 33.2 Å². The monoisotopic (exact) mass is 442 g/mol. The number of amides is 1. The van der Waals surface area contributed by atoms with Gasteiger partial charge in [0.1, 0.15) is 0 Å². The average molecular weight is 443 g/mol. The zero-order valence-electron chi connectivity index (χ0n) is 16.8. The first kappa shape index (κ1) is 22.0. The molecule has 3 aromatic rings. The molecule has 1 amide bonds. The van der Waals surface area contributed by atoms with E-state index in [0.29, 0.717) is 10.7 Å². The number of sulfonamides is 1. The van der Waals surface area contributed by atoms with Gasteiger partial charge in [0, 0.05) is 24.3 Å². The van der Waals surface area contributed by atoms with Crippen molar-refractivity contribution in [3.05, 3.63) is 95.0 Å². The van der Waals surface area contributed by atoms with Gasteiger partial charge in [-0.2, -0.15) is 4.31 Å². The Bertz CT molecular complexity index is 1120. The van der Waals surface area contributed by atoms with Crippen molar-refractivity contribution in [2.75, 3.05) is 18.5 Å². The number of nitrogens with zero attached hydrogens (tertiary/aromatic N) is 2. The Balaban J connectivity index is 1.92. The van der Waals surface area contributed by atoms with Crippen LogP contribution in [0.4, 0.5) is 5.69 Å². The number of rotatable bonds is 7. The summed E-state index contributed by atoms with van der Waals surface area (Å²) in [4.78, 5) is 14.5. The summed E-state index contributed by atoms with van der Waals surface area (Å²) in [5, 5.41) is 0.444. The molecule has 0 N–H and O–H groups in total. The second kappa shape index (κ2) is 9.43. The Kier molecular flexibility index (Phi) is 6.92. The summed E-state index contributed by atoms with van der Waals surface area (Å²) in [6.07, 6.45) is 0. The first-order valence-corrected chi connectivity index (χ1v) is 11.2. The second-order valence-electron chi connectivity index (χ2n) is 7.00. The van der Waals surface area contributed by atoms with Gasteiger partial charge in [0.05, 0.1) is 11.4 Å². The Morgan fingerprint density at radius 2 is 1.60 bits per heavy atom. The molecule has 0 heterocycles. The minimum atomic E-state index is -3.91. The van der Waals surface area contributed by atoms with Crippen LogP contribution in [0.15, 0.2) is 83.8 Å². The molecule has 0 saturated heterocycles. The largest absolute Gasteiger partial charge is 0.314 e. The highest BCUT2D eigenvalue weighted by Crippen LogP contribution is 2.22. The van der Waals surface area contributed by atoms with Crippen LogP contribution in [0.5, 0.6) is 0 Å². The van der Waals surface area contributed by atoms with Crippen molar-refractivity contribution in [1.29, 1.82) is 0 Å². The zero-order valence-corrected chi connectivity index (χ0v) is 18.4. The normalized spacial score (nSPS) is 11.5. The maximum absolute atomic E-state index is 13.3. The van der Waals surface area contributed by atoms with E-state index < -0.39 is 10.0 Å². The number of para-hydroxylation sites is 1. The van der Waals surface area contributed by atoms with E-state index in [9.17, 15) is 13.2 Å². The Hall–Kier alpha value is -2.67. The van der Waals surface area contributed by atoms with Crippen molar-refractivity contribution < 1.29 is 13.2 Å². The molecule has 0 aliphatic rings. The van der Waals surface area contributed by atoms with Gasteiger partial charge in [-0.3, -0.25) is 4.79 Å². The van der Waals surface area contributed by atoms with Crippen LogP contribution in [-0.2, 0) is 21.4 Å². The highest BCUT2D eigenvalue weighted by Gasteiger charge is 2.28. The summed E-state index contributed by atoms with van der Waals surface area (Å²) < 4.78 is 27.9. The average Bonchev–Trinajstić information content (AvgIpc) is 2.73. The number of hydrogen-bond acceptors (Lipinski definition) is 3. The molecule has 0 fully saturated rings. The molecule has 5 nitrogen and oxygen atoms in total. The van der Waals surface area contributed by atoms with Crippen molar-refractivity contribution in [3.8, 4) is 0 Å². The third-order valence-corrected chi connectivity index (χ3v) is 6.78. The molecule has 3 rings (SSSR count). The van der Waals surface area contributed by atoms with E-state index in [1.54, 1.807) is 19.2 Å². The van der Waals surface area contributed by atoms with Gasteiger partial charge >= 0.3 is 0 Å². The van der Waals surface area contributed by atoms with Gasteiger partial charge in [-0.25, -0.2) is 8.42 Å². The number of carbonyl (C=O) groups excluding carboxylic acids is 1. The lowest BCUT2D eigenvalue weighted by Gasteiger charge is -2.25. The van der Waals surface area contributed by atoms with Crippen molar-refractivity contribution in [2.24, 2.45) is 0 Å². The number of anilines is 1. The van der Waals surface area contributed by atoms with E-state index in [0.717, 1.165) is 11.1 Å². The Morgan fingerprint density at radius 3 is 2.23 bits per heavy atom. The summed E-state index contributed by atoms with van der Waals surface area (Å²) in [5.74, 6) is -0.327. The highest BCUT2D eigenvalue weighted by molar-refractivity contribution is 7.89. The lowest BCUT2D eigenvalue weighted by molar-refractivity contribution is -0.118. The van der Waals surface area contributed by atoms with Crippen LogP contribution in [0.3, 0.4) is 0 Å². The molecular weight excluding hydrogens is 420 g/mol. The molecule has 0 aliphatic heterocycles. The standard InChI is InChI=1S/C23H23ClN2O3S/c1-18-7-6-8-19(15-18)16-26(30(28,29)22-13-11-20(24)12-14-22)17-23(27)25(2)21-9-4-3-5-10-21/h3-15H,16-17H2,1-2H3.